The van der Waals surface area contributed by atoms with E-state index in [0.29, 0.717) is 25.0 Å². The molecule has 3 rings (SSSR count). The van der Waals surface area contributed by atoms with Crippen molar-refractivity contribution >= 4 is 11.6 Å². The predicted molar refractivity (Wildman–Crippen MR) is 82.0 cm³/mol. The summed E-state index contributed by atoms with van der Waals surface area (Å²) in [5.74, 6) is -3.43. The van der Waals surface area contributed by atoms with Crippen LogP contribution in [0.5, 0.6) is 5.75 Å². The van der Waals surface area contributed by atoms with Gasteiger partial charge < -0.3 is 15.2 Å². The molecule has 1 aromatic heterocycles. The van der Waals surface area contributed by atoms with E-state index in [9.17, 15) is 18.7 Å². The number of amides is 1. The molecule has 2 aromatic rings. The van der Waals surface area contributed by atoms with Gasteiger partial charge >= 0.3 is 0 Å². The van der Waals surface area contributed by atoms with Crippen molar-refractivity contribution in [3.05, 3.63) is 41.2 Å². The molecule has 1 amide bonds. The lowest BCUT2D eigenvalue weighted by molar-refractivity contribution is 0.0656. The zero-order chi connectivity index (χ0) is 17.3. The van der Waals surface area contributed by atoms with Crippen molar-refractivity contribution in [2.24, 2.45) is 0 Å². The minimum Gasteiger partial charge on any atom is -0.503 e. The summed E-state index contributed by atoms with van der Waals surface area (Å²) in [6.07, 6.45) is 3.02. The summed E-state index contributed by atoms with van der Waals surface area (Å²) in [5, 5.41) is 16.2. The van der Waals surface area contributed by atoms with Crippen LogP contribution < -0.4 is 5.32 Å². The quantitative estimate of drug-likeness (QED) is 0.845. The molecule has 128 valence electrons. The molecule has 2 N–H and O–H groups in total. The lowest BCUT2D eigenvalue weighted by Gasteiger charge is -2.23. The van der Waals surface area contributed by atoms with Crippen molar-refractivity contribution in [2.75, 3.05) is 18.5 Å². The number of hydrogen-bond donors (Lipinski definition) is 2. The van der Waals surface area contributed by atoms with Crippen molar-refractivity contribution in [3.8, 4) is 5.75 Å². The standard InChI is InChI=1S/C16H17F2N3O3/c1-9-12(8-19-21(9)11-2-4-24-5-3-11)16(23)20-14-7-10(17)6-13(18)15(14)22/h6-8,11,22H,2-5H2,1H3,(H,20,23). The lowest BCUT2D eigenvalue weighted by Crippen LogP contribution is -2.22. The minimum absolute atomic E-state index is 0.153. The molecule has 0 radical (unpaired) electrons. The first kappa shape index (κ1) is 16.4. The Morgan fingerprint density at radius 2 is 2.08 bits per heavy atom. The maximum Gasteiger partial charge on any atom is 0.259 e. The van der Waals surface area contributed by atoms with Gasteiger partial charge in [-0.3, -0.25) is 9.48 Å². The molecular formula is C16H17F2N3O3. The highest BCUT2D eigenvalue weighted by atomic mass is 19.1. The Morgan fingerprint density at radius 1 is 1.38 bits per heavy atom. The van der Waals surface area contributed by atoms with Gasteiger partial charge in [0.05, 0.1) is 23.5 Å². The van der Waals surface area contributed by atoms with Crippen LogP contribution in [-0.2, 0) is 4.74 Å². The molecule has 1 aliphatic heterocycles. The Morgan fingerprint density at radius 3 is 2.79 bits per heavy atom. The van der Waals surface area contributed by atoms with Crippen molar-refractivity contribution in [1.29, 1.82) is 0 Å². The topological polar surface area (TPSA) is 76.4 Å². The summed E-state index contributed by atoms with van der Waals surface area (Å²) in [6, 6.07) is 1.55. The zero-order valence-electron chi connectivity index (χ0n) is 13.1. The van der Waals surface area contributed by atoms with E-state index in [-0.39, 0.29) is 17.3 Å². The number of phenols is 1. The fourth-order valence-electron chi connectivity index (χ4n) is 2.80. The predicted octanol–water partition coefficient (Wildman–Crippen LogP) is 2.78. The molecule has 0 atom stereocenters. The number of carbonyl (C=O) groups is 1. The third-order valence-corrected chi connectivity index (χ3v) is 4.10. The fourth-order valence-corrected chi connectivity index (χ4v) is 2.80. The number of ether oxygens (including phenoxy) is 1. The second-order valence-corrected chi connectivity index (χ2v) is 5.67. The van der Waals surface area contributed by atoms with Crippen LogP contribution in [0.3, 0.4) is 0 Å². The normalized spacial score (nSPS) is 15.5. The second-order valence-electron chi connectivity index (χ2n) is 5.67. The molecule has 0 spiro atoms. The SMILES string of the molecule is Cc1c(C(=O)Nc2cc(F)cc(F)c2O)cnn1C1CCOCC1. The highest BCUT2D eigenvalue weighted by Crippen LogP contribution is 2.29. The molecule has 8 heteroatoms. The van der Waals surface area contributed by atoms with Crippen LogP contribution in [0, 0.1) is 18.6 Å². The van der Waals surface area contributed by atoms with Gasteiger partial charge in [-0.15, -0.1) is 0 Å². The van der Waals surface area contributed by atoms with Crippen LogP contribution in [-0.4, -0.2) is 34.0 Å². The minimum atomic E-state index is -1.14. The maximum atomic E-state index is 13.3. The Bertz CT molecular complexity index is 770. The first-order valence-electron chi connectivity index (χ1n) is 7.58. The van der Waals surface area contributed by atoms with Crippen molar-refractivity contribution in [1.82, 2.24) is 9.78 Å². The summed E-state index contributed by atoms with van der Waals surface area (Å²) < 4.78 is 33.7. The molecular weight excluding hydrogens is 320 g/mol. The van der Waals surface area contributed by atoms with Gasteiger partial charge in [0, 0.05) is 31.0 Å². The monoisotopic (exact) mass is 337 g/mol. The van der Waals surface area contributed by atoms with Gasteiger partial charge in [-0.25, -0.2) is 8.78 Å². The molecule has 0 aliphatic carbocycles. The summed E-state index contributed by atoms with van der Waals surface area (Å²) in [5.41, 5.74) is 0.608. The van der Waals surface area contributed by atoms with E-state index in [1.54, 1.807) is 11.6 Å². The maximum absolute atomic E-state index is 13.3. The zero-order valence-corrected chi connectivity index (χ0v) is 13.1. The van der Waals surface area contributed by atoms with E-state index >= 15 is 0 Å². The van der Waals surface area contributed by atoms with Crippen LogP contribution in [0.25, 0.3) is 0 Å². The molecule has 0 saturated carbocycles. The van der Waals surface area contributed by atoms with Gasteiger partial charge in [0.1, 0.15) is 5.82 Å². The van der Waals surface area contributed by atoms with Crippen LogP contribution in [0.4, 0.5) is 14.5 Å². The summed E-state index contributed by atoms with van der Waals surface area (Å²) in [4.78, 5) is 12.4. The Kier molecular flexibility index (Phi) is 4.48. The van der Waals surface area contributed by atoms with Gasteiger partial charge in [0.2, 0.25) is 0 Å². The van der Waals surface area contributed by atoms with Crippen LogP contribution in [0.2, 0.25) is 0 Å². The van der Waals surface area contributed by atoms with Gasteiger partial charge in [-0.1, -0.05) is 0 Å². The number of halogens is 2. The summed E-state index contributed by atoms with van der Waals surface area (Å²) >= 11 is 0. The van der Waals surface area contributed by atoms with Gasteiger partial charge in [-0.2, -0.15) is 5.10 Å². The van der Waals surface area contributed by atoms with E-state index in [0.717, 1.165) is 18.9 Å². The Hall–Kier alpha value is -2.48. The van der Waals surface area contributed by atoms with Crippen molar-refractivity contribution < 1.29 is 23.4 Å². The number of benzene rings is 1. The Balaban J connectivity index is 1.82. The molecule has 0 unspecified atom stereocenters. The molecule has 24 heavy (non-hydrogen) atoms. The number of carbonyl (C=O) groups excluding carboxylic acids is 1. The number of aromatic hydroxyl groups is 1. The molecule has 0 bridgehead atoms. The second kappa shape index (κ2) is 6.56. The average molecular weight is 337 g/mol. The van der Waals surface area contributed by atoms with Gasteiger partial charge in [-0.05, 0) is 19.8 Å². The highest BCUT2D eigenvalue weighted by Gasteiger charge is 2.22. The largest absolute Gasteiger partial charge is 0.503 e. The van der Waals surface area contributed by atoms with Gasteiger partial charge in [0.15, 0.2) is 11.6 Å². The van der Waals surface area contributed by atoms with E-state index in [4.69, 9.17) is 4.74 Å². The van der Waals surface area contributed by atoms with E-state index in [1.165, 1.54) is 6.20 Å². The smallest absolute Gasteiger partial charge is 0.259 e. The molecule has 1 saturated heterocycles. The van der Waals surface area contributed by atoms with Crippen LogP contribution in [0.15, 0.2) is 18.3 Å². The fraction of sp³-hybridized carbons (Fsp3) is 0.375. The number of hydrogen-bond acceptors (Lipinski definition) is 4. The molecule has 6 nitrogen and oxygen atoms in total. The number of anilines is 1. The third kappa shape index (κ3) is 3.09. The number of rotatable bonds is 3. The molecule has 1 fully saturated rings. The van der Waals surface area contributed by atoms with Crippen molar-refractivity contribution in [2.45, 2.75) is 25.8 Å². The molecule has 1 aliphatic rings. The van der Waals surface area contributed by atoms with E-state index < -0.39 is 23.3 Å². The first-order valence-corrected chi connectivity index (χ1v) is 7.58. The number of nitrogens with one attached hydrogen (secondary N) is 1. The van der Waals surface area contributed by atoms with Crippen LogP contribution >= 0.6 is 0 Å². The number of aromatic nitrogens is 2. The Labute approximate surface area is 137 Å². The van der Waals surface area contributed by atoms with Gasteiger partial charge in [0.25, 0.3) is 5.91 Å². The van der Waals surface area contributed by atoms with Crippen LogP contribution in [0.1, 0.15) is 34.9 Å². The number of phenolic OH excluding ortho intramolecular Hbond substituents is 1. The number of nitrogens with zero attached hydrogens (tertiary/aromatic N) is 2. The average Bonchev–Trinajstić information content (AvgIpc) is 2.94. The molecule has 2 heterocycles. The lowest BCUT2D eigenvalue weighted by atomic mass is 10.1. The highest BCUT2D eigenvalue weighted by molar-refractivity contribution is 6.05. The first-order chi connectivity index (χ1) is 11.5. The molecule has 1 aromatic carbocycles. The van der Waals surface area contributed by atoms with Crippen molar-refractivity contribution in [3.63, 3.8) is 0 Å². The summed E-state index contributed by atoms with van der Waals surface area (Å²) in [6.45, 7) is 3.03. The summed E-state index contributed by atoms with van der Waals surface area (Å²) in [7, 11) is 0. The third-order valence-electron chi connectivity index (χ3n) is 4.10. The van der Waals surface area contributed by atoms with E-state index in [1.807, 2.05) is 0 Å². The van der Waals surface area contributed by atoms with E-state index in [2.05, 4.69) is 10.4 Å².